The summed E-state index contributed by atoms with van der Waals surface area (Å²) in [7, 11) is 2.20. The molecule has 1 aromatic rings. The monoisotopic (exact) mass is 332 g/mol. The van der Waals surface area contributed by atoms with Crippen LogP contribution in [0.1, 0.15) is 38.0 Å². The van der Waals surface area contributed by atoms with E-state index in [4.69, 9.17) is 0 Å². The molecule has 18 heavy (non-hydrogen) atoms. The molecule has 2 nitrogen and oxygen atoms in total. The first-order valence-corrected chi connectivity index (χ1v) is 8.44. The summed E-state index contributed by atoms with van der Waals surface area (Å²) in [6.45, 7) is 7.79. The zero-order valence-corrected chi connectivity index (χ0v) is 14.1. The molecule has 1 N–H and O–H groups in total. The molecule has 1 unspecified atom stereocenters. The predicted molar refractivity (Wildman–Crippen MR) is 85.3 cm³/mol. The van der Waals surface area contributed by atoms with Gasteiger partial charge in [-0.1, -0.05) is 19.8 Å². The third-order valence-electron chi connectivity index (χ3n) is 3.18. The van der Waals surface area contributed by atoms with E-state index in [1.807, 2.05) is 11.3 Å². The summed E-state index contributed by atoms with van der Waals surface area (Å²) in [5.74, 6) is 0. The highest BCUT2D eigenvalue weighted by Crippen LogP contribution is 2.21. The van der Waals surface area contributed by atoms with Crippen LogP contribution in [0.25, 0.3) is 0 Å². The van der Waals surface area contributed by atoms with Gasteiger partial charge in [-0.3, -0.25) is 4.90 Å². The summed E-state index contributed by atoms with van der Waals surface area (Å²) in [4.78, 5) is 3.83. The summed E-state index contributed by atoms with van der Waals surface area (Å²) in [6, 6.07) is 2.79. The van der Waals surface area contributed by atoms with Crippen molar-refractivity contribution in [1.29, 1.82) is 0 Å². The first kappa shape index (κ1) is 16.2. The maximum atomic E-state index is 3.54. The third kappa shape index (κ3) is 6.32. The lowest BCUT2D eigenvalue weighted by molar-refractivity contribution is 0.245. The lowest BCUT2D eigenvalue weighted by Gasteiger charge is -2.24. The molecule has 1 aromatic heterocycles. The highest BCUT2D eigenvalue weighted by molar-refractivity contribution is 9.10. The van der Waals surface area contributed by atoms with Crippen LogP contribution in [0, 0.1) is 0 Å². The van der Waals surface area contributed by atoms with Gasteiger partial charge in [0.1, 0.15) is 0 Å². The molecule has 0 saturated carbocycles. The number of nitrogens with zero attached hydrogens (tertiary/aromatic N) is 1. The van der Waals surface area contributed by atoms with Crippen LogP contribution in [-0.2, 0) is 6.54 Å². The number of rotatable bonds is 9. The van der Waals surface area contributed by atoms with E-state index in [1.165, 1.54) is 28.6 Å². The highest BCUT2D eigenvalue weighted by atomic mass is 79.9. The molecule has 0 aliphatic carbocycles. The van der Waals surface area contributed by atoms with Crippen molar-refractivity contribution in [3.63, 3.8) is 0 Å². The maximum Gasteiger partial charge on any atom is 0.0328 e. The van der Waals surface area contributed by atoms with E-state index in [2.05, 4.69) is 58.5 Å². The summed E-state index contributed by atoms with van der Waals surface area (Å²) < 4.78 is 1.20. The van der Waals surface area contributed by atoms with Crippen molar-refractivity contribution < 1.29 is 0 Å². The van der Waals surface area contributed by atoms with Gasteiger partial charge in [0.2, 0.25) is 0 Å². The fourth-order valence-electron chi connectivity index (χ4n) is 1.81. The Morgan fingerprint density at radius 1 is 1.44 bits per heavy atom. The van der Waals surface area contributed by atoms with Gasteiger partial charge in [0.05, 0.1) is 0 Å². The molecule has 0 bridgehead atoms. The zero-order chi connectivity index (χ0) is 13.4. The van der Waals surface area contributed by atoms with E-state index in [1.54, 1.807) is 0 Å². The van der Waals surface area contributed by atoms with Gasteiger partial charge in [0.15, 0.2) is 0 Å². The Kier molecular flexibility index (Phi) is 8.15. The molecule has 1 rings (SSSR count). The predicted octanol–water partition coefficient (Wildman–Crippen LogP) is 4.11. The van der Waals surface area contributed by atoms with Gasteiger partial charge in [-0.25, -0.2) is 0 Å². The van der Waals surface area contributed by atoms with Crippen LogP contribution in [-0.4, -0.2) is 31.1 Å². The van der Waals surface area contributed by atoms with Gasteiger partial charge in [-0.05, 0) is 48.9 Å². The summed E-state index contributed by atoms with van der Waals surface area (Å²) in [5.41, 5.74) is 0. The third-order valence-corrected chi connectivity index (χ3v) is 4.86. The van der Waals surface area contributed by atoms with Gasteiger partial charge >= 0.3 is 0 Å². The number of hydrogen-bond acceptors (Lipinski definition) is 3. The van der Waals surface area contributed by atoms with E-state index < -0.39 is 0 Å². The van der Waals surface area contributed by atoms with Crippen LogP contribution in [0.3, 0.4) is 0 Å². The van der Waals surface area contributed by atoms with Crippen molar-refractivity contribution in [2.45, 2.75) is 45.7 Å². The molecule has 1 atom stereocenters. The molecule has 0 aliphatic heterocycles. The van der Waals surface area contributed by atoms with Crippen LogP contribution in [0.4, 0.5) is 0 Å². The molecular formula is C14H25BrN2S. The largest absolute Gasteiger partial charge is 0.315 e. The topological polar surface area (TPSA) is 15.3 Å². The molecule has 0 spiro atoms. The van der Waals surface area contributed by atoms with Crippen molar-refractivity contribution in [2.75, 3.05) is 20.1 Å². The van der Waals surface area contributed by atoms with Crippen LogP contribution >= 0.6 is 27.3 Å². The van der Waals surface area contributed by atoms with Crippen LogP contribution in [0.15, 0.2) is 15.9 Å². The standard InChI is InChI=1S/C14H25BrN2S/c1-4-5-6-7-16-9-12(2)17(3)10-14-8-13(15)11-18-14/h8,11-12,16H,4-7,9-10H2,1-3H3. The molecule has 4 heteroatoms. The molecule has 0 aromatic carbocycles. The van der Waals surface area contributed by atoms with E-state index in [0.717, 1.165) is 19.6 Å². The Morgan fingerprint density at radius 2 is 2.22 bits per heavy atom. The van der Waals surface area contributed by atoms with Crippen LogP contribution in [0.5, 0.6) is 0 Å². The molecule has 104 valence electrons. The Balaban J connectivity index is 2.18. The fourth-order valence-corrected chi connectivity index (χ4v) is 3.32. The first-order chi connectivity index (χ1) is 8.63. The maximum absolute atomic E-state index is 3.54. The molecular weight excluding hydrogens is 308 g/mol. The Morgan fingerprint density at radius 3 is 2.83 bits per heavy atom. The minimum Gasteiger partial charge on any atom is -0.315 e. The molecule has 1 heterocycles. The number of hydrogen-bond donors (Lipinski definition) is 1. The highest BCUT2D eigenvalue weighted by Gasteiger charge is 2.10. The molecule has 0 aliphatic rings. The van der Waals surface area contributed by atoms with E-state index in [9.17, 15) is 0 Å². The van der Waals surface area contributed by atoms with Gasteiger partial charge < -0.3 is 5.32 Å². The molecule has 0 radical (unpaired) electrons. The average molecular weight is 333 g/mol. The quantitative estimate of drug-likeness (QED) is 0.684. The smallest absolute Gasteiger partial charge is 0.0328 e. The SMILES string of the molecule is CCCCCNCC(C)N(C)Cc1cc(Br)cs1. The zero-order valence-electron chi connectivity index (χ0n) is 11.7. The molecule has 0 saturated heterocycles. The summed E-state index contributed by atoms with van der Waals surface area (Å²) in [5, 5.41) is 5.69. The van der Waals surface area contributed by atoms with Gasteiger partial charge in [-0.2, -0.15) is 0 Å². The summed E-state index contributed by atoms with van der Waals surface area (Å²) >= 11 is 5.33. The van der Waals surface area contributed by atoms with Crippen LogP contribution in [0.2, 0.25) is 0 Å². The molecule has 0 amide bonds. The lowest BCUT2D eigenvalue weighted by Crippen LogP contribution is -2.37. The van der Waals surface area contributed by atoms with Crippen molar-refractivity contribution in [2.24, 2.45) is 0 Å². The van der Waals surface area contributed by atoms with E-state index in [-0.39, 0.29) is 0 Å². The number of halogens is 1. The Hall–Kier alpha value is 0.1000. The number of likely N-dealkylation sites (N-methyl/N-ethyl adjacent to an activating group) is 1. The Labute approximate surface area is 124 Å². The number of nitrogens with one attached hydrogen (secondary N) is 1. The van der Waals surface area contributed by atoms with Crippen molar-refractivity contribution in [3.05, 3.63) is 20.8 Å². The molecule has 0 fully saturated rings. The van der Waals surface area contributed by atoms with Crippen molar-refractivity contribution in [3.8, 4) is 0 Å². The minimum absolute atomic E-state index is 0.576. The van der Waals surface area contributed by atoms with Crippen molar-refractivity contribution in [1.82, 2.24) is 10.2 Å². The van der Waals surface area contributed by atoms with Gasteiger partial charge in [0, 0.05) is 33.9 Å². The summed E-state index contributed by atoms with van der Waals surface area (Å²) in [6.07, 6.45) is 3.93. The van der Waals surface area contributed by atoms with E-state index in [0.29, 0.717) is 6.04 Å². The second kappa shape index (κ2) is 9.08. The fraction of sp³-hybridized carbons (Fsp3) is 0.714. The number of thiophene rings is 1. The second-order valence-electron chi connectivity index (χ2n) is 4.91. The second-order valence-corrected chi connectivity index (χ2v) is 6.82. The lowest BCUT2D eigenvalue weighted by atomic mass is 10.2. The first-order valence-electron chi connectivity index (χ1n) is 6.77. The number of unbranched alkanes of at least 4 members (excludes halogenated alkanes) is 2. The van der Waals surface area contributed by atoms with Gasteiger partial charge in [0.25, 0.3) is 0 Å². The van der Waals surface area contributed by atoms with Crippen LogP contribution < -0.4 is 5.32 Å². The van der Waals surface area contributed by atoms with Crippen molar-refractivity contribution >= 4 is 27.3 Å². The minimum atomic E-state index is 0.576. The normalized spacial score (nSPS) is 13.2. The average Bonchev–Trinajstić information content (AvgIpc) is 2.74. The van der Waals surface area contributed by atoms with E-state index >= 15 is 0 Å². The Bertz CT molecular complexity index is 327. The van der Waals surface area contributed by atoms with Gasteiger partial charge in [-0.15, -0.1) is 11.3 Å².